The van der Waals surface area contributed by atoms with E-state index < -0.39 is 0 Å². The van der Waals surface area contributed by atoms with Crippen molar-refractivity contribution < 1.29 is 14.0 Å². The van der Waals surface area contributed by atoms with Crippen molar-refractivity contribution >= 4 is 23.3 Å². The highest BCUT2D eigenvalue weighted by Gasteiger charge is 2.35. The summed E-state index contributed by atoms with van der Waals surface area (Å²) in [6.07, 6.45) is 8.53. The molecule has 1 aromatic carbocycles. The van der Waals surface area contributed by atoms with Gasteiger partial charge in [-0.25, -0.2) is 9.38 Å². The van der Waals surface area contributed by atoms with Gasteiger partial charge in [-0.2, -0.15) is 0 Å². The Morgan fingerprint density at radius 2 is 2.03 bits per heavy atom. The molecule has 2 aliphatic rings. The number of benzene rings is 1. The standard InChI is InChI=1S/C31H44FN5O2/c1-7-21(3)31(33-25-15-13-24(32)14-16-25)35-30-22(4)26(19-28(38)34-27(30)8-2)23-11-9-18-37(20-23)29(39)12-10-17-36(5)6/h8,10,12-16,21,23,26H,7,9,11,17-20H2,1-6H3,(H,33,35)(H,34,38)/b12-10?,27-8+. The lowest BCUT2D eigenvalue weighted by Crippen LogP contribution is -2.42. The SMILES string of the molecule is C/C=C1/NC(=O)CC(C2CCCN(C(=O)C=CCN(C)C)C2)C(C)=C1N=C(Nc1ccc(F)cc1)C(C)CC. The number of piperidine rings is 1. The molecule has 0 spiro atoms. The number of rotatable bonds is 8. The van der Waals surface area contributed by atoms with E-state index in [0.29, 0.717) is 25.2 Å². The smallest absolute Gasteiger partial charge is 0.246 e. The maximum Gasteiger partial charge on any atom is 0.246 e. The van der Waals surface area contributed by atoms with Crippen LogP contribution in [0.25, 0.3) is 0 Å². The zero-order chi connectivity index (χ0) is 28.5. The van der Waals surface area contributed by atoms with Gasteiger partial charge in [0.2, 0.25) is 11.8 Å². The van der Waals surface area contributed by atoms with Crippen molar-refractivity contribution in [3.05, 3.63) is 65.3 Å². The van der Waals surface area contributed by atoms with Crippen LogP contribution in [0.4, 0.5) is 10.1 Å². The number of likely N-dealkylation sites (N-methyl/N-ethyl adjacent to an activating group) is 1. The van der Waals surface area contributed by atoms with Gasteiger partial charge in [0.15, 0.2) is 0 Å². The molecule has 2 N–H and O–H groups in total. The lowest BCUT2D eigenvalue weighted by atomic mass is 9.78. The van der Waals surface area contributed by atoms with E-state index >= 15 is 0 Å². The van der Waals surface area contributed by atoms with Crippen LogP contribution in [0.2, 0.25) is 0 Å². The van der Waals surface area contributed by atoms with Gasteiger partial charge in [-0.05, 0) is 88.9 Å². The number of allylic oxidation sites excluding steroid dienone is 2. The van der Waals surface area contributed by atoms with Crippen molar-refractivity contribution in [2.75, 3.05) is 39.0 Å². The molecule has 3 unspecified atom stereocenters. The number of carbonyl (C=O) groups excluding carboxylic acids is 2. The maximum absolute atomic E-state index is 13.5. The number of nitrogens with one attached hydrogen (secondary N) is 2. The highest BCUT2D eigenvalue weighted by molar-refractivity contribution is 5.98. The van der Waals surface area contributed by atoms with Crippen molar-refractivity contribution in [1.29, 1.82) is 0 Å². The summed E-state index contributed by atoms with van der Waals surface area (Å²) in [6, 6.07) is 6.24. The first kappa shape index (κ1) is 30.3. The van der Waals surface area contributed by atoms with E-state index in [1.54, 1.807) is 18.2 Å². The van der Waals surface area contributed by atoms with Crippen LogP contribution in [-0.2, 0) is 9.59 Å². The zero-order valence-electron chi connectivity index (χ0n) is 24.3. The molecule has 1 fully saturated rings. The van der Waals surface area contributed by atoms with Crippen LogP contribution in [0.1, 0.15) is 53.4 Å². The molecule has 0 radical (unpaired) electrons. The summed E-state index contributed by atoms with van der Waals surface area (Å²) in [7, 11) is 3.94. The molecule has 2 heterocycles. The van der Waals surface area contributed by atoms with Crippen LogP contribution in [0, 0.1) is 23.6 Å². The van der Waals surface area contributed by atoms with Gasteiger partial charge in [-0.3, -0.25) is 9.59 Å². The molecule has 0 aliphatic carbocycles. The first-order valence-electron chi connectivity index (χ1n) is 14.0. The summed E-state index contributed by atoms with van der Waals surface area (Å²) in [5, 5.41) is 6.46. The summed E-state index contributed by atoms with van der Waals surface area (Å²) in [5.74, 6) is 0.696. The summed E-state index contributed by atoms with van der Waals surface area (Å²) in [4.78, 5) is 35.0. The molecule has 1 aromatic rings. The Morgan fingerprint density at radius 1 is 1.31 bits per heavy atom. The molecule has 7 nitrogen and oxygen atoms in total. The highest BCUT2D eigenvalue weighted by Crippen LogP contribution is 2.37. The fourth-order valence-corrected chi connectivity index (χ4v) is 5.14. The quantitative estimate of drug-likeness (QED) is 0.266. The van der Waals surface area contributed by atoms with E-state index in [4.69, 9.17) is 4.99 Å². The lowest BCUT2D eigenvalue weighted by Gasteiger charge is -2.36. The second-order valence-electron chi connectivity index (χ2n) is 10.9. The van der Waals surface area contributed by atoms with Crippen LogP contribution < -0.4 is 10.6 Å². The molecule has 3 atom stereocenters. The first-order chi connectivity index (χ1) is 18.6. The minimum atomic E-state index is -0.292. The molecule has 0 bridgehead atoms. The number of amides is 2. The van der Waals surface area contributed by atoms with E-state index in [9.17, 15) is 14.0 Å². The van der Waals surface area contributed by atoms with Gasteiger partial charge < -0.3 is 20.4 Å². The van der Waals surface area contributed by atoms with Crippen molar-refractivity contribution in [2.24, 2.45) is 22.7 Å². The fraction of sp³-hybridized carbons (Fsp3) is 0.516. The average molecular weight is 538 g/mol. The van der Waals surface area contributed by atoms with Gasteiger partial charge >= 0.3 is 0 Å². The first-order valence-corrected chi connectivity index (χ1v) is 14.0. The average Bonchev–Trinajstić information content (AvgIpc) is 3.04. The van der Waals surface area contributed by atoms with Gasteiger partial charge in [-0.1, -0.05) is 26.0 Å². The summed E-state index contributed by atoms with van der Waals surface area (Å²) in [5.41, 5.74) is 3.25. The Hall–Kier alpha value is -3.26. The molecule has 2 amide bonds. The molecule has 2 aliphatic heterocycles. The van der Waals surface area contributed by atoms with Crippen LogP contribution in [0.3, 0.4) is 0 Å². The number of nitrogens with zero attached hydrogens (tertiary/aromatic N) is 3. The number of aliphatic imine (C=N–C) groups is 1. The van der Waals surface area contributed by atoms with Crippen LogP contribution in [0.5, 0.6) is 0 Å². The van der Waals surface area contributed by atoms with Gasteiger partial charge in [0, 0.05) is 43.7 Å². The second kappa shape index (κ2) is 14.2. The second-order valence-corrected chi connectivity index (χ2v) is 10.9. The minimum absolute atomic E-state index is 0.0243. The Labute approximate surface area is 232 Å². The molecular weight excluding hydrogens is 493 g/mol. The van der Waals surface area contributed by atoms with Crippen LogP contribution in [0.15, 0.2) is 64.5 Å². The third-order valence-corrected chi connectivity index (χ3v) is 7.65. The molecular formula is C31H44FN5O2. The highest BCUT2D eigenvalue weighted by atomic mass is 19.1. The molecule has 1 saturated heterocycles. The Morgan fingerprint density at radius 3 is 2.67 bits per heavy atom. The van der Waals surface area contributed by atoms with Gasteiger partial charge in [0.1, 0.15) is 11.7 Å². The lowest BCUT2D eigenvalue weighted by molar-refractivity contribution is -0.128. The number of halogens is 1. The van der Waals surface area contributed by atoms with Crippen molar-refractivity contribution in [3.63, 3.8) is 0 Å². The molecule has 39 heavy (non-hydrogen) atoms. The third kappa shape index (κ3) is 8.36. The van der Waals surface area contributed by atoms with Gasteiger partial charge in [-0.15, -0.1) is 0 Å². The Bertz CT molecular complexity index is 1140. The summed E-state index contributed by atoms with van der Waals surface area (Å²) in [6.45, 7) is 10.2. The maximum atomic E-state index is 13.5. The zero-order valence-corrected chi connectivity index (χ0v) is 24.3. The van der Waals surface area contributed by atoms with E-state index in [1.165, 1.54) is 12.1 Å². The predicted molar refractivity (Wildman–Crippen MR) is 157 cm³/mol. The Balaban J connectivity index is 1.95. The van der Waals surface area contributed by atoms with Crippen LogP contribution in [-0.4, -0.2) is 61.2 Å². The number of hydrogen-bond donors (Lipinski definition) is 2. The van der Waals surface area contributed by atoms with Gasteiger partial charge in [0.25, 0.3) is 0 Å². The molecule has 0 saturated carbocycles. The summed E-state index contributed by atoms with van der Waals surface area (Å²) >= 11 is 0. The predicted octanol–water partition coefficient (Wildman–Crippen LogP) is 5.35. The number of amidine groups is 1. The molecule has 8 heteroatoms. The van der Waals surface area contributed by atoms with E-state index in [1.807, 2.05) is 43.0 Å². The number of carbonyl (C=O) groups is 2. The molecule has 0 aromatic heterocycles. The fourth-order valence-electron chi connectivity index (χ4n) is 5.14. The van der Waals surface area contributed by atoms with E-state index in [0.717, 1.165) is 48.6 Å². The topological polar surface area (TPSA) is 77.0 Å². The number of likely N-dealkylation sites (tertiary alicyclic amines) is 1. The normalized spacial score (nSPS) is 22.9. The monoisotopic (exact) mass is 537 g/mol. The van der Waals surface area contributed by atoms with E-state index in [-0.39, 0.29) is 35.4 Å². The molecule has 3 rings (SSSR count). The number of anilines is 1. The van der Waals surface area contributed by atoms with E-state index in [2.05, 4.69) is 31.4 Å². The molecule has 212 valence electrons. The van der Waals surface area contributed by atoms with Gasteiger partial charge in [0.05, 0.1) is 11.4 Å². The third-order valence-electron chi connectivity index (χ3n) is 7.65. The largest absolute Gasteiger partial charge is 0.344 e. The Kier molecular flexibility index (Phi) is 11.0. The van der Waals surface area contributed by atoms with Crippen molar-refractivity contribution in [2.45, 2.75) is 53.4 Å². The summed E-state index contributed by atoms with van der Waals surface area (Å²) < 4.78 is 13.5. The van der Waals surface area contributed by atoms with Crippen molar-refractivity contribution in [3.8, 4) is 0 Å². The minimum Gasteiger partial charge on any atom is -0.344 e. The number of hydrogen-bond acceptors (Lipinski definition) is 4. The van der Waals surface area contributed by atoms with Crippen molar-refractivity contribution in [1.82, 2.24) is 15.1 Å². The van der Waals surface area contributed by atoms with Crippen LogP contribution >= 0.6 is 0 Å².